The highest BCUT2D eigenvalue weighted by atomic mass is 16.5. The van der Waals surface area contributed by atoms with E-state index in [-0.39, 0.29) is 16.9 Å². The molecule has 0 aromatic heterocycles. The molecular formula is C16H33NO. The molecule has 1 saturated heterocycles. The van der Waals surface area contributed by atoms with E-state index in [1.54, 1.807) is 4.90 Å². The SMILES string of the molecule is [2H]C1([2H])OC(C(C)(C)C)C(C(C)(C)C)N(C(C)(C)C)C1([2H])[2H]. The first-order valence-electron chi connectivity index (χ1n) is 8.81. The maximum Gasteiger partial charge on any atom is 0.0784 e. The quantitative estimate of drug-likeness (QED) is 0.653. The highest BCUT2D eigenvalue weighted by Crippen LogP contribution is 2.41. The van der Waals surface area contributed by atoms with Crippen molar-refractivity contribution in [1.29, 1.82) is 0 Å². The molecule has 0 N–H and O–H groups in total. The standard InChI is InChI=1S/C16H33NO/c1-14(2,3)12-13(15(4,5)6)18-11-10-17(12)16(7,8)9/h12-13H,10-11H2,1-9H3/i10D2,11D2. The molecule has 0 amide bonds. The van der Waals surface area contributed by atoms with E-state index in [0.29, 0.717) is 0 Å². The summed E-state index contributed by atoms with van der Waals surface area (Å²) in [5.41, 5.74) is -1.08. The summed E-state index contributed by atoms with van der Waals surface area (Å²) in [5, 5.41) is 0. The van der Waals surface area contributed by atoms with E-state index in [1.807, 2.05) is 41.5 Å². The van der Waals surface area contributed by atoms with Crippen LogP contribution in [0.15, 0.2) is 0 Å². The molecule has 0 spiro atoms. The van der Waals surface area contributed by atoms with Crippen molar-refractivity contribution in [3.63, 3.8) is 0 Å². The fraction of sp³-hybridized carbons (Fsp3) is 1.00. The number of ether oxygens (including phenoxy) is 1. The summed E-state index contributed by atoms with van der Waals surface area (Å²) in [4.78, 5) is 1.69. The summed E-state index contributed by atoms with van der Waals surface area (Å²) < 4.78 is 39.0. The lowest BCUT2D eigenvalue weighted by Gasteiger charge is -2.56. The molecule has 2 nitrogen and oxygen atoms in total. The molecule has 0 aromatic rings. The van der Waals surface area contributed by atoms with Gasteiger partial charge in [0.05, 0.1) is 15.4 Å². The van der Waals surface area contributed by atoms with Crippen LogP contribution in [-0.2, 0) is 4.74 Å². The van der Waals surface area contributed by atoms with Gasteiger partial charge in [-0.15, -0.1) is 0 Å². The van der Waals surface area contributed by atoms with E-state index in [9.17, 15) is 0 Å². The van der Waals surface area contributed by atoms with Gasteiger partial charge in [-0.1, -0.05) is 41.5 Å². The van der Waals surface area contributed by atoms with Gasteiger partial charge in [-0.25, -0.2) is 0 Å². The molecule has 0 aliphatic carbocycles. The largest absolute Gasteiger partial charge is 0.375 e. The van der Waals surface area contributed by atoms with Crippen molar-refractivity contribution in [2.24, 2.45) is 10.8 Å². The van der Waals surface area contributed by atoms with Gasteiger partial charge in [0.25, 0.3) is 0 Å². The summed E-state index contributed by atoms with van der Waals surface area (Å²) >= 11 is 0. The molecule has 1 aliphatic heterocycles. The first-order valence-corrected chi connectivity index (χ1v) is 6.81. The Bertz CT molecular complexity index is 415. The van der Waals surface area contributed by atoms with Gasteiger partial charge >= 0.3 is 0 Å². The second-order valence-electron chi connectivity index (χ2n) is 8.47. The third-order valence-electron chi connectivity index (χ3n) is 3.38. The summed E-state index contributed by atoms with van der Waals surface area (Å²) in [6.07, 6.45) is -0.412. The highest BCUT2D eigenvalue weighted by molar-refractivity contribution is 5.00. The zero-order valence-corrected chi connectivity index (χ0v) is 13.5. The molecule has 1 heterocycles. The zero-order chi connectivity index (χ0) is 17.9. The van der Waals surface area contributed by atoms with Crippen LogP contribution >= 0.6 is 0 Å². The number of hydrogen-bond donors (Lipinski definition) is 0. The molecule has 2 heteroatoms. The van der Waals surface area contributed by atoms with Crippen molar-refractivity contribution in [2.45, 2.75) is 80.0 Å². The molecule has 2 unspecified atom stereocenters. The summed E-state index contributed by atoms with van der Waals surface area (Å²) in [6, 6.07) is -0.244. The first kappa shape index (κ1) is 10.7. The number of hydrogen-bond acceptors (Lipinski definition) is 2. The van der Waals surface area contributed by atoms with Crippen LogP contribution in [0.1, 0.15) is 67.8 Å². The lowest BCUT2D eigenvalue weighted by molar-refractivity contribution is -0.167. The third kappa shape index (κ3) is 3.48. The minimum absolute atomic E-state index is 0.244. The monoisotopic (exact) mass is 259 g/mol. The average molecular weight is 259 g/mol. The molecule has 1 aliphatic rings. The van der Waals surface area contributed by atoms with E-state index < -0.39 is 24.7 Å². The van der Waals surface area contributed by atoms with Crippen molar-refractivity contribution >= 4 is 0 Å². The number of morpholine rings is 1. The van der Waals surface area contributed by atoms with E-state index in [0.717, 1.165) is 0 Å². The number of nitrogens with zero attached hydrogens (tertiary/aromatic N) is 1. The fourth-order valence-corrected chi connectivity index (χ4v) is 2.49. The van der Waals surface area contributed by atoms with Crippen molar-refractivity contribution < 1.29 is 10.2 Å². The van der Waals surface area contributed by atoms with Gasteiger partial charge in [0.2, 0.25) is 0 Å². The summed E-state index contributed by atoms with van der Waals surface area (Å²) in [6.45, 7) is 13.5. The minimum Gasteiger partial charge on any atom is -0.375 e. The van der Waals surface area contributed by atoms with Crippen LogP contribution in [-0.4, -0.2) is 35.6 Å². The van der Waals surface area contributed by atoms with E-state index >= 15 is 0 Å². The Hall–Kier alpha value is -0.0800. The Labute approximate surface area is 120 Å². The van der Waals surface area contributed by atoms with Crippen LogP contribution < -0.4 is 0 Å². The van der Waals surface area contributed by atoms with Gasteiger partial charge in [0.1, 0.15) is 0 Å². The highest BCUT2D eigenvalue weighted by Gasteiger charge is 2.47. The Kier molecular flexibility index (Phi) is 2.84. The molecule has 1 fully saturated rings. The molecule has 1 rings (SSSR count). The van der Waals surface area contributed by atoms with Crippen LogP contribution in [0.3, 0.4) is 0 Å². The van der Waals surface area contributed by atoms with Crippen LogP contribution in [0, 0.1) is 10.8 Å². The zero-order valence-electron chi connectivity index (χ0n) is 17.5. The summed E-state index contributed by atoms with van der Waals surface area (Å²) in [5.74, 6) is 0. The van der Waals surface area contributed by atoms with Crippen LogP contribution in [0.2, 0.25) is 0 Å². The average Bonchev–Trinajstić information content (AvgIpc) is 2.15. The molecule has 0 saturated carbocycles. The van der Waals surface area contributed by atoms with Crippen molar-refractivity contribution in [2.75, 3.05) is 13.1 Å². The smallest absolute Gasteiger partial charge is 0.0784 e. The van der Waals surface area contributed by atoms with Crippen molar-refractivity contribution in [3.05, 3.63) is 0 Å². The van der Waals surface area contributed by atoms with Crippen molar-refractivity contribution in [3.8, 4) is 0 Å². The van der Waals surface area contributed by atoms with Gasteiger partial charge in [-0.2, -0.15) is 0 Å². The number of rotatable bonds is 0. The van der Waals surface area contributed by atoms with E-state index in [2.05, 4.69) is 20.8 Å². The molecule has 0 bridgehead atoms. The topological polar surface area (TPSA) is 12.5 Å². The second kappa shape index (κ2) is 4.79. The first-order chi connectivity index (χ1) is 9.33. The molecule has 0 aromatic carbocycles. The Morgan fingerprint density at radius 1 is 0.944 bits per heavy atom. The van der Waals surface area contributed by atoms with Crippen LogP contribution in [0.5, 0.6) is 0 Å². The Morgan fingerprint density at radius 2 is 1.44 bits per heavy atom. The maximum absolute atomic E-state index is 8.44. The summed E-state index contributed by atoms with van der Waals surface area (Å²) in [7, 11) is 0. The molecule has 2 atom stereocenters. The maximum atomic E-state index is 8.44. The van der Waals surface area contributed by atoms with Gasteiger partial charge in [0, 0.05) is 20.8 Å². The van der Waals surface area contributed by atoms with Crippen molar-refractivity contribution in [1.82, 2.24) is 4.90 Å². The Morgan fingerprint density at radius 3 is 1.78 bits per heavy atom. The lowest BCUT2D eigenvalue weighted by atomic mass is 9.71. The second-order valence-corrected chi connectivity index (χ2v) is 8.47. The van der Waals surface area contributed by atoms with Gasteiger partial charge in [-0.3, -0.25) is 4.90 Å². The fourth-order valence-electron chi connectivity index (χ4n) is 2.49. The Balaban J connectivity index is 3.61. The molecular weight excluding hydrogens is 222 g/mol. The van der Waals surface area contributed by atoms with Crippen LogP contribution in [0.25, 0.3) is 0 Å². The third-order valence-corrected chi connectivity index (χ3v) is 3.38. The van der Waals surface area contributed by atoms with Gasteiger partial charge in [-0.05, 0) is 31.6 Å². The molecule has 108 valence electrons. The normalized spacial score (nSPS) is 37.4. The van der Waals surface area contributed by atoms with Gasteiger partial charge < -0.3 is 4.74 Å². The van der Waals surface area contributed by atoms with Crippen LogP contribution in [0.4, 0.5) is 0 Å². The lowest BCUT2D eigenvalue weighted by Crippen LogP contribution is -2.65. The minimum atomic E-state index is -2.36. The van der Waals surface area contributed by atoms with Gasteiger partial charge in [0.15, 0.2) is 0 Å². The van der Waals surface area contributed by atoms with E-state index in [1.165, 1.54) is 0 Å². The van der Waals surface area contributed by atoms with E-state index in [4.69, 9.17) is 10.2 Å². The predicted octanol–water partition coefficient (Wildman–Crippen LogP) is 3.95. The predicted molar refractivity (Wildman–Crippen MR) is 78.9 cm³/mol. The molecule has 0 radical (unpaired) electrons. The molecule has 18 heavy (non-hydrogen) atoms.